The highest BCUT2D eigenvalue weighted by Crippen LogP contribution is 2.18. The zero-order valence-corrected chi connectivity index (χ0v) is 14.4. The molecule has 3 aromatic rings. The molecule has 0 saturated heterocycles. The highest BCUT2D eigenvalue weighted by molar-refractivity contribution is 7.14. The van der Waals surface area contributed by atoms with Gasteiger partial charge < -0.3 is 10.3 Å². The molecule has 0 aliphatic carbocycles. The van der Waals surface area contributed by atoms with Crippen molar-refractivity contribution in [3.8, 4) is 0 Å². The van der Waals surface area contributed by atoms with Gasteiger partial charge >= 0.3 is 0 Å². The molecule has 3 rings (SSSR count). The zero-order valence-electron chi connectivity index (χ0n) is 13.6. The summed E-state index contributed by atoms with van der Waals surface area (Å²) in [5, 5.41) is 2.89. The summed E-state index contributed by atoms with van der Waals surface area (Å²) in [6.07, 6.45) is 0.402. The molecule has 0 saturated carbocycles. The van der Waals surface area contributed by atoms with Crippen LogP contribution >= 0.6 is 11.3 Å². The summed E-state index contributed by atoms with van der Waals surface area (Å²) < 4.78 is 0. The number of nitrogens with one attached hydrogen (secondary N) is 2. The van der Waals surface area contributed by atoms with Crippen LogP contribution in [0.2, 0.25) is 0 Å². The zero-order chi connectivity index (χ0) is 17.1. The molecule has 2 N–H and O–H groups in total. The number of para-hydroxylation sites is 2. The lowest BCUT2D eigenvalue weighted by atomic mass is 10.2. The van der Waals surface area contributed by atoms with E-state index >= 15 is 0 Å². The number of H-pyrrole nitrogens is 1. The third-order valence-electron chi connectivity index (χ3n) is 3.79. The minimum atomic E-state index is -0.232. The van der Waals surface area contributed by atoms with Crippen molar-refractivity contribution >= 4 is 34.1 Å². The van der Waals surface area contributed by atoms with Crippen LogP contribution in [0.4, 0.5) is 0 Å². The molecule has 0 fully saturated rings. The Morgan fingerprint density at radius 3 is 2.71 bits per heavy atom. The third kappa shape index (κ3) is 3.71. The number of hydrogen-bond acceptors (Lipinski definition) is 4. The fourth-order valence-corrected chi connectivity index (χ4v) is 3.33. The molecule has 6 heteroatoms. The van der Waals surface area contributed by atoms with Crippen LogP contribution in [0.3, 0.4) is 0 Å². The molecule has 1 amide bonds. The number of carbonyl (C=O) groups excluding carboxylic acids is 2. The van der Waals surface area contributed by atoms with Gasteiger partial charge in [-0.2, -0.15) is 0 Å². The maximum atomic E-state index is 12.1. The molecule has 0 aliphatic rings. The van der Waals surface area contributed by atoms with E-state index in [1.54, 1.807) is 0 Å². The van der Waals surface area contributed by atoms with E-state index in [2.05, 4.69) is 15.3 Å². The van der Waals surface area contributed by atoms with E-state index in [9.17, 15) is 9.59 Å². The number of nitrogens with zero attached hydrogens (tertiary/aromatic N) is 1. The minimum absolute atomic E-state index is 0.0136. The fraction of sp³-hybridized carbons (Fsp3) is 0.278. The van der Waals surface area contributed by atoms with E-state index in [1.807, 2.05) is 50.2 Å². The predicted octanol–water partition coefficient (Wildman–Crippen LogP) is 3.77. The van der Waals surface area contributed by atoms with Gasteiger partial charge in [-0.25, -0.2) is 4.98 Å². The van der Waals surface area contributed by atoms with Crippen LogP contribution in [-0.4, -0.2) is 21.7 Å². The Balaban J connectivity index is 1.55. The smallest absolute Gasteiger partial charge is 0.221 e. The largest absolute Gasteiger partial charge is 0.346 e. The van der Waals surface area contributed by atoms with Crippen LogP contribution in [0.25, 0.3) is 11.0 Å². The normalized spacial score (nSPS) is 12.2. The van der Waals surface area contributed by atoms with Gasteiger partial charge in [0, 0.05) is 17.7 Å². The first-order valence-electron chi connectivity index (χ1n) is 7.86. The van der Waals surface area contributed by atoms with Crippen LogP contribution < -0.4 is 5.32 Å². The molecule has 2 aromatic heterocycles. The lowest BCUT2D eigenvalue weighted by molar-refractivity contribution is -0.121. The van der Waals surface area contributed by atoms with Crippen molar-refractivity contribution in [3.63, 3.8) is 0 Å². The molecule has 24 heavy (non-hydrogen) atoms. The van der Waals surface area contributed by atoms with Crippen LogP contribution in [0.1, 0.15) is 46.2 Å². The fourth-order valence-electron chi connectivity index (χ4n) is 2.49. The van der Waals surface area contributed by atoms with Gasteiger partial charge in [-0.05, 0) is 38.1 Å². The van der Waals surface area contributed by atoms with Crippen LogP contribution in [-0.2, 0) is 4.79 Å². The molecule has 0 spiro atoms. The van der Waals surface area contributed by atoms with Gasteiger partial charge in [-0.3, -0.25) is 9.59 Å². The average Bonchev–Trinajstić information content (AvgIpc) is 3.18. The van der Waals surface area contributed by atoms with Crippen molar-refractivity contribution in [1.29, 1.82) is 0 Å². The van der Waals surface area contributed by atoms with E-state index in [1.165, 1.54) is 11.3 Å². The molecule has 0 bridgehead atoms. The number of hydrogen-bond donors (Lipinski definition) is 2. The van der Waals surface area contributed by atoms with Crippen molar-refractivity contribution in [2.45, 2.75) is 32.7 Å². The van der Waals surface area contributed by atoms with E-state index in [0.29, 0.717) is 10.7 Å². The van der Waals surface area contributed by atoms with Crippen molar-refractivity contribution < 1.29 is 9.59 Å². The molecule has 124 valence electrons. The van der Waals surface area contributed by atoms with Gasteiger partial charge in [-0.15, -0.1) is 11.3 Å². The van der Waals surface area contributed by atoms with Crippen molar-refractivity contribution in [3.05, 3.63) is 52.0 Å². The lowest BCUT2D eigenvalue weighted by Crippen LogP contribution is -2.27. The second-order valence-corrected chi connectivity index (χ2v) is 7.05. The molecule has 1 atom stereocenters. The molecule has 2 heterocycles. The maximum Gasteiger partial charge on any atom is 0.221 e. The summed E-state index contributed by atoms with van der Waals surface area (Å²) in [5.74, 6) is 0.578. The molecule has 0 aliphatic heterocycles. The van der Waals surface area contributed by atoms with Crippen molar-refractivity contribution in [2.24, 2.45) is 0 Å². The van der Waals surface area contributed by atoms with Gasteiger partial charge in [0.25, 0.3) is 0 Å². The van der Waals surface area contributed by atoms with Gasteiger partial charge in [0.2, 0.25) is 5.91 Å². The number of thiophene rings is 1. The molecule has 5 nitrogen and oxygen atoms in total. The average molecular weight is 341 g/mol. The number of Topliss-reactive ketones (excluding diaryl/α,β-unsaturated/α-hetero) is 1. The third-order valence-corrected chi connectivity index (χ3v) is 4.83. The summed E-state index contributed by atoms with van der Waals surface area (Å²) in [6, 6.07) is 11.2. The first-order valence-corrected chi connectivity index (χ1v) is 8.68. The number of aromatic nitrogens is 2. The summed E-state index contributed by atoms with van der Waals surface area (Å²) in [4.78, 5) is 33.6. The summed E-state index contributed by atoms with van der Waals surface area (Å²) >= 11 is 1.46. The molecular weight excluding hydrogens is 322 g/mol. The van der Waals surface area contributed by atoms with Gasteiger partial charge in [-0.1, -0.05) is 12.1 Å². The van der Waals surface area contributed by atoms with Crippen molar-refractivity contribution in [2.75, 3.05) is 0 Å². The Labute approximate surface area is 144 Å². The number of aromatic amines is 1. The number of rotatable bonds is 6. The quantitative estimate of drug-likeness (QED) is 0.670. The standard InChI is InChI=1S/C18H19N3O2S/c1-11-7-9-16(24-11)15(22)8-10-17(23)19-12(2)18-20-13-5-3-4-6-14(13)21-18/h3-7,9,12H,8,10H2,1-2H3,(H,19,23)(H,20,21)/t12-/m0/s1. The Bertz CT molecular complexity index is 848. The van der Waals surface area contributed by atoms with Crippen LogP contribution in [0, 0.1) is 6.92 Å². The maximum absolute atomic E-state index is 12.1. The highest BCUT2D eigenvalue weighted by atomic mass is 32.1. The van der Waals surface area contributed by atoms with Crippen LogP contribution in [0.15, 0.2) is 36.4 Å². The SMILES string of the molecule is Cc1ccc(C(=O)CCC(=O)N[C@@H](C)c2nc3ccccc3[nH]2)s1. The number of fused-ring (bicyclic) bond motifs is 1. The Morgan fingerprint density at radius 2 is 2.00 bits per heavy atom. The second-order valence-electron chi connectivity index (χ2n) is 5.76. The number of aryl methyl sites for hydroxylation is 1. The van der Waals surface area contributed by atoms with E-state index < -0.39 is 0 Å². The first kappa shape index (κ1) is 16.4. The van der Waals surface area contributed by atoms with Gasteiger partial charge in [0.1, 0.15) is 5.82 Å². The Hall–Kier alpha value is -2.47. The number of carbonyl (C=O) groups is 2. The number of amides is 1. The minimum Gasteiger partial charge on any atom is -0.346 e. The Morgan fingerprint density at radius 1 is 1.21 bits per heavy atom. The van der Waals surface area contributed by atoms with Crippen LogP contribution in [0.5, 0.6) is 0 Å². The lowest BCUT2D eigenvalue weighted by Gasteiger charge is -2.11. The Kier molecular flexibility index (Phi) is 4.76. The predicted molar refractivity (Wildman–Crippen MR) is 95.3 cm³/mol. The molecule has 1 aromatic carbocycles. The monoisotopic (exact) mass is 341 g/mol. The molecular formula is C18H19N3O2S. The first-order chi connectivity index (χ1) is 11.5. The summed E-state index contributed by atoms with van der Waals surface area (Å²) in [7, 11) is 0. The topological polar surface area (TPSA) is 74.8 Å². The van der Waals surface area contributed by atoms with E-state index in [0.717, 1.165) is 15.9 Å². The molecule has 0 unspecified atom stereocenters. The highest BCUT2D eigenvalue weighted by Gasteiger charge is 2.15. The van der Waals surface area contributed by atoms with E-state index in [-0.39, 0.29) is 30.6 Å². The van der Waals surface area contributed by atoms with Crippen molar-refractivity contribution in [1.82, 2.24) is 15.3 Å². The van der Waals surface area contributed by atoms with Gasteiger partial charge in [0.05, 0.1) is 22.0 Å². The van der Waals surface area contributed by atoms with E-state index in [4.69, 9.17) is 0 Å². The van der Waals surface area contributed by atoms with Gasteiger partial charge in [0.15, 0.2) is 5.78 Å². The number of ketones is 1. The number of imidazole rings is 1. The summed E-state index contributed by atoms with van der Waals surface area (Å²) in [5.41, 5.74) is 1.81. The second kappa shape index (κ2) is 6.97. The number of benzene rings is 1. The summed E-state index contributed by atoms with van der Waals surface area (Å²) in [6.45, 7) is 3.84. The molecule has 0 radical (unpaired) electrons.